The Labute approximate surface area is 56.7 Å². The first kappa shape index (κ1) is 6.60. The third-order valence-corrected chi connectivity index (χ3v) is 1.10. The molecule has 0 radical (unpaired) electrons. The molecule has 1 aliphatic rings. The van der Waals surface area contributed by atoms with Crippen molar-refractivity contribution in [3.63, 3.8) is 0 Å². The molecular formula is C5H5N3O2. The summed E-state index contributed by atoms with van der Waals surface area (Å²) in [5, 5.41) is 17.2. The molecule has 0 unspecified atom stereocenters. The van der Waals surface area contributed by atoms with Crippen LogP contribution in [0, 0.1) is 15.5 Å². The van der Waals surface area contributed by atoms with Gasteiger partial charge in [0.2, 0.25) is 0 Å². The summed E-state index contributed by atoms with van der Waals surface area (Å²) in [4.78, 5) is 13.0. The number of hydrogen-bond acceptors (Lipinski definition) is 4. The average molecular weight is 139 g/mol. The van der Waals surface area contributed by atoms with Crippen LogP contribution in [0.1, 0.15) is 6.42 Å². The summed E-state index contributed by atoms with van der Waals surface area (Å²) in [6.45, 7) is 0. The van der Waals surface area contributed by atoms with E-state index in [1.54, 1.807) is 0 Å². The standard InChI is InChI=1S/C5H5N3O2/c6-4-1-2-7-3-5(4)8(9)10/h2-3,6H,1H2. The molecule has 5 nitrogen and oxygen atoms in total. The van der Waals surface area contributed by atoms with Gasteiger partial charge in [-0.15, -0.1) is 0 Å². The lowest BCUT2D eigenvalue weighted by atomic mass is 10.2. The van der Waals surface area contributed by atoms with Gasteiger partial charge in [0, 0.05) is 12.6 Å². The van der Waals surface area contributed by atoms with Crippen LogP contribution in [0.3, 0.4) is 0 Å². The van der Waals surface area contributed by atoms with Crippen molar-refractivity contribution in [3.05, 3.63) is 22.0 Å². The minimum atomic E-state index is -0.598. The van der Waals surface area contributed by atoms with E-state index in [1.165, 1.54) is 6.21 Å². The molecule has 0 saturated carbocycles. The molecule has 0 spiro atoms. The van der Waals surface area contributed by atoms with Crippen molar-refractivity contribution in [1.29, 1.82) is 5.41 Å². The maximum absolute atomic E-state index is 10.1. The number of nitrogens with zero attached hydrogens (tertiary/aromatic N) is 2. The third-order valence-electron chi connectivity index (χ3n) is 1.10. The predicted octanol–water partition coefficient (Wildman–Crippen LogP) is 0.599. The zero-order valence-corrected chi connectivity index (χ0v) is 5.07. The molecular weight excluding hydrogens is 134 g/mol. The molecule has 0 aromatic heterocycles. The fourth-order valence-electron chi connectivity index (χ4n) is 0.607. The maximum Gasteiger partial charge on any atom is 0.308 e. The highest BCUT2D eigenvalue weighted by atomic mass is 16.6. The van der Waals surface area contributed by atoms with E-state index in [-0.39, 0.29) is 17.8 Å². The minimum Gasteiger partial charge on any atom is -0.298 e. The normalized spacial score (nSPS) is 16.8. The maximum atomic E-state index is 10.1. The van der Waals surface area contributed by atoms with Crippen LogP contribution in [0.2, 0.25) is 0 Å². The van der Waals surface area contributed by atoms with Crippen molar-refractivity contribution in [1.82, 2.24) is 0 Å². The molecule has 10 heavy (non-hydrogen) atoms. The van der Waals surface area contributed by atoms with E-state index in [1.807, 2.05) is 0 Å². The zero-order valence-electron chi connectivity index (χ0n) is 5.07. The first-order chi connectivity index (χ1) is 4.72. The van der Waals surface area contributed by atoms with Crippen molar-refractivity contribution >= 4 is 11.9 Å². The quantitative estimate of drug-likeness (QED) is 0.426. The van der Waals surface area contributed by atoms with Crippen molar-refractivity contribution < 1.29 is 4.92 Å². The Hall–Kier alpha value is -1.52. The van der Waals surface area contributed by atoms with Gasteiger partial charge in [0.05, 0.1) is 4.92 Å². The molecule has 1 rings (SSSR count). The first-order valence-corrected chi connectivity index (χ1v) is 2.66. The highest BCUT2D eigenvalue weighted by molar-refractivity contribution is 6.04. The molecule has 0 aromatic carbocycles. The van der Waals surface area contributed by atoms with E-state index in [2.05, 4.69) is 4.99 Å². The highest BCUT2D eigenvalue weighted by Crippen LogP contribution is 2.04. The van der Waals surface area contributed by atoms with Gasteiger partial charge < -0.3 is 0 Å². The van der Waals surface area contributed by atoms with Gasteiger partial charge >= 0.3 is 5.70 Å². The second kappa shape index (κ2) is 2.38. The first-order valence-electron chi connectivity index (χ1n) is 2.66. The molecule has 5 heteroatoms. The van der Waals surface area contributed by atoms with E-state index in [4.69, 9.17) is 5.41 Å². The van der Waals surface area contributed by atoms with E-state index in [9.17, 15) is 10.1 Å². The van der Waals surface area contributed by atoms with E-state index < -0.39 is 4.92 Å². The van der Waals surface area contributed by atoms with Gasteiger partial charge in [0.15, 0.2) is 0 Å². The largest absolute Gasteiger partial charge is 0.308 e. The number of aliphatic imine (C=N–C) groups is 1. The molecule has 0 saturated heterocycles. The Morgan fingerprint density at radius 3 is 2.90 bits per heavy atom. The number of nitrogens with one attached hydrogen (secondary N) is 1. The second-order valence-electron chi connectivity index (χ2n) is 1.79. The van der Waals surface area contributed by atoms with Gasteiger partial charge in [-0.2, -0.15) is 0 Å². The smallest absolute Gasteiger partial charge is 0.298 e. The SMILES string of the molecule is N=C1CC=NC=C1[N+](=O)[O-]. The summed E-state index contributed by atoms with van der Waals surface area (Å²) >= 11 is 0. The third kappa shape index (κ3) is 1.07. The van der Waals surface area contributed by atoms with Crippen LogP contribution < -0.4 is 0 Å². The van der Waals surface area contributed by atoms with Crippen molar-refractivity contribution in [2.75, 3.05) is 0 Å². The van der Waals surface area contributed by atoms with Gasteiger partial charge in [-0.05, 0) is 0 Å². The van der Waals surface area contributed by atoms with E-state index in [0.29, 0.717) is 0 Å². The van der Waals surface area contributed by atoms with Crippen LogP contribution in [-0.2, 0) is 0 Å². The number of hydrogen-bond donors (Lipinski definition) is 1. The number of nitro groups is 1. The summed E-state index contributed by atoms with van der Waals surface area (Å²) in [6.07, 6.45) is 2.81. The van der Waals surface area contributed by atoms with Crippen LogP contribution in [0.4, 0.5) is 0 Å². The lowest BCUT2D eigenvalue weighted by molar-refractivity contribution is -0.415. The summed E-state index contributed by atoms with van der Waals surface area (Å²) < 4.78 is 0. The van der Waals surface area contributed by atoms with Crippen molar-refractivity contribution in [3.8, 4) is 0 Å². The fraction of sp³-hybridized carbons (Fsp3) is 0.200. The summed E-state index contributed by atoms with van der Waals surface area (Å²) in [7, 11) is 0. The molecule has 0 atom stereocenters. The topological polar surface area (TPSA) is 79.3 Å². The highest BCUT2D eigenvalue weighted by Gasteiger charge is 2.18. The van der Waals surface area contributed by atoms with Crippen LogP contribution in [-0.4, -0.2) is 16.8 Å². The van der Waals surface area contributed by atoms with E-state index in [0.717, 1.165) is 6.20 Å². The van der Waals surface area contributed by atoms with Gasteiger partial charge in [0.25, 0.3) is 0 Å². The van der Waals surface area contributed by atoms with E-state index >= 15 is 0 Å². The van der Waals surface area contributed by atoms with Crippen molar-refractivity contribution in [2.45, 2.75) is 6.42 Å². The second-order valence-corrected chi connectivity index (χ2v) is 1.79. The average Bonchev–Trinajstić information content (AvgIpc) is 1.88. The molecule has 1 N–H and O–H groups in total. The Kier molecular flexibility index (Phi) is 1.57. The van der Waals surface area contributed by atoms with Crippen molar-refractivity contribution in [2.24, 2.45) is 4.99 Å². The molecule has 52 valence electrons. The molecule has 1 heterocycles. The van der Waals surface area contributed by atoms with Gasteiger partial charge in [0.1, 0.15) is 11.9 Å². The predicted molar refractivity (Wildman–Crippen MR) is 35.9 cm³/mol. The number of allylic oxidation sites excluding steroid dienone is 1. The van der Waals surface area contributed by atoms with Gasteiger partial charge in [-0.3, -0.25) is 20.5 Å². The Morgan fingerprint density at radius 1 is 1.80 bits per heavy atom. The van der Waals surface area contributed by atoms with Crippen LogP contribution >= 0.6 is 0 Å². The lowest BCUT2D eigenvalue weighted by Crippen LogP contribution is -2.12. The minimum absolute atomic E-state index is 0.0139. The molecule has 0 fully saturated rings. The summed E-state index contributed by atoms with van der Waals surface area (Å²) in [5.74, 6) is 0. The van der Waals surface area contributed by atoms with Gasteiger partial charge in [-0.25, -0.2) is 0 Å². The number of rotatable bonds is 1. The molecule has 0 bridgehead atoms. The summed E-state index contributed by atoms with van der Waals surface area (Å²) in [6, 6.07) is 0. The van der Waals surface area contributed by atoms with Gasteiger partial charge in [-0.1, -0.05) is 0 Å². The molecule has 0 aromatic rings. The Balaban J connectivity index is 2.91. The summed E-state index contributed by atoms with van der Waals surface area (Å²) in [5.41, 5.74) is -0.192. The van der Waals surface area contributed by atoms with Crippen LogP contribution in [0.5, 0.6) is 0 Å². The Bertz CT molecular complexity index is 241. The van der Waals surface area contributed by atoms with Crippen LogP contribution in [0.25, 0.3) is 0 Å². The van der Waals surface area contributed by atoms with Crippen LogP contribution in [0.15, 0.2) is 16.9 Å². The Morgan fingerprint density at radius 2 is 2.50 bits per heavy atom. The zero-order chi connectivity index (χ0) is 7.56. The fourth-order valence-corrected chi connectivity index (χ4v) is 0.607. The molecule has 0 amide bonds. The monoisotopic (exact) mass is 139 g/mol. The molecule has 1 aliphatic heterocycles. The molecule has 0 aliphatic carbocycles. The lowest BCUT2D eigenvalue weighted by Gasteiger charge is -1.98.